The van der Waals surface area contributed by atoms with E-state index in [-0.39, 0.29) is 0 Å². The minimum atomic E-state index is 0.744. The summed E-state index contributed by atoms with van der Waals surface area (Å²) in [4.78, 5) is 0. The van der Waals surface area contributed by atoms with Crippen LogP contribution < -0.4 is 5.32 Å². The van der Waals surface area contributed by atoms with Crippen molar-refractivity contribution in [2.45, 2.75) is 57.7 Å². The molecule has 2 fully saturated rings. The van der Waals surface area contributed by atoms with E-state index in [9.17, 15) is 0 Å². The van der Waals surface area contributed by atoms with Gasteiger partial charge in [-0.15, -0.1) is 0 Å². The van der Waals surface area contributed by atoms with Gasteiger partial charge in [0.15, 0.2) is 0 Å². The molecule has 0 saturated heterocycles. The molecule has 2 aliphatic rings. The molecule has 0 bridgehead atoms. The van der Waals surface area contributed by atoms with Gasteiger partial charge < -0.3 is 5.32 Å². The number of hydrogen-bond acceptors (Lipinski definition) is 2. The second-order valence-electron chi connectivity index (χ2n) is 6.45. The zero-order valence-corrected chi connectivity index (χ0v) is 12.0. The van der Waals surface area contributed by atoms with Crippen LogP contribution in [-0.4, -0.2) is 15.8 Å². The predicted octanol–water partition coefficient (Wildman–Crippen LogP) is 3.48. The number of para-hydroxylation sites is 1. The zero-order chi connectivity index (χ0) is 13.4. The zero-order valence-electron chi connectivity index (χ0n) is 12.0. The molecule has 1 aromatic carbocycles. The molecule has 0 atom stereocenters. The summed E-state index contributed by atoms with van der Waals surface area (Å²) in [5.41, 5.74) is 2.54. The smallest absolute Gasteiger partial charge is 0.0841 e. The Morgan fingerprint density at radius 3 is 2.70 bits per heavy atom. The Hall–Kier alpha value is -1.35. The second-order valence-corrected chi connectivity index (χ2v) is 6.45. The summed E-state index contributed by atoms with van der Waals surface area (Å²) in [7, 11) is 0. The Balaban J connectivity index is 1.60. The van der Waals surface area contributed by atoms with Crippen molar-refractivity contribution in [1.29, 1.82) is 0 Å². The molecular weight excluding hydrogens is 246 g/mol. The van der Waals surface area contributed by atoms with Crippen LogP contribution >= 0.6 is 0 Å². The molecule has 3 heteroatoms. The number of nitrogens with one attached hydrogen (secondary N) is 1. The second kappa shape index (κ2) is 5.21. The highest BCUT2D eigenvalue weighted by Gasteiger charge is 2.22. The molecule has 1 heterocycles. The van der Waals surface area contributed by atoms with Crippen LogP contribution in [0.4, 0.5) is 0 Å². The molecule has 0 amide bonds. The molecule has 1 aromatic heterocycles. The van der Waals surface area contributed by atoms with E-state index in [2.05, 4.69) is 34.3 Å². The van der Waals surface area contributed by atoms with Gasteiger partial charge in [-0.3, -0.25) is 4.68 Å². The topological polar surface area (TPSA) is 29.9 Å². The van der Waals surface area contributed by atoms with Crippen molar-refractivity contribution in [3.05, 3.63) is 30.0 Å². The molecule has 4 rings (SSSR count). The number of nitrogens with zero attached hydrogens (tertiary/aromatic N) is 2. The van der Waals surface area contributed by atoms with Gasteiger partial charge in [-0.25, -0.2) is 0 Å². The average Bonchev–Trinajstić information content (AvgIpc) is 3.05. The summed E-state index contributed by atoms with van der Waals surface area (Å²) in [5, 5.41) is 9.83. The van der Waals surface area contributed by atoms with E-state index in [0.29, 0.717) is 0 Å². The Bertz CT molecular complexity index is 591. The molecule has 0 aliphatic heterocycles. The minimum Gasteiger partial charge on any atom is -0.308 e. The van der Waals surface area contributed by atoms with Crippen LogP contribution in [0.3, 0.4) is 0 Å². The molecule has 0 radical (unpaired) electrons. The Morgan fingerprint density at radius 2 is 1.90 bits per heavy atom. The summed E-state index contributed by atoms with van der Waals surface area (Å²) < 4.78 is 2.26. The Labute approximate surface area is 120 Å². The standard InChI is InChI=1S/C17H23N3/c1-2-6-13(5-1)12-20-17-8-4-3-7-15(17)16(19-20)11-18-14-9-10-14/h3-4,7-8,13-14,18H,1-2,5-6,9-12H2. The fourth-order valence-corrected chi connectivity index (χ4v) is 3.43. The fourth-order valence-electron chi connectivity index (χ4n) is 3.43. The molecule has 2 aliphatic carbocycles. The van der Waals surface area contributed by atoms with E-state index in [1.165, 1.54) is 55.1 Å². The van der Waals surface area contributed by atoms with Crippen LogP contribution in [0, 0.1) is 5.92 Å². The highest BCUT2D eigenvalue weighted by Crippen LogP contribution is 2.28. The van der Waals surface area contributed by atoms with Crippen molar-refractivity contribution in [2.75, 3.05) is 0 Å². The lowest BCUT2D eigenvalue weighted by molar-refractivity contribution is 0.434. The first-order chi connectivity index (χ1) is 9.90. The molecular formula is C17H23N3. The monoisotopic (exact) mass is 269 g/mol. The SMILES string of the molecule is c1ccc2c(c1)c(CNC1CC1)nn2CC1CCCC1. The molecule has 0 spiro atoms. The number of fused-ring (bicyclic) bond motifs is 1. The highest BCUT2D eigenvalue weighted by molar-refractivity contribution is 5.81. The van der Waals surface area contributed by atoms with Gasteiger partial charge in [0.2, 0.25) is 0 Å². The average molecular weight is 269 g/mol. The van der Waals surface area contributed by atoms with Crippen LogP contribution in [0.1, 0.15) is 44.2 Å². The summed E-state index contributed by atoms with van der Waals surface area (Å²) in [6.45, 7) is 2.02. The third-order valence-electron chi connectivity index (χ3n) is 4.78. The fraction of sp³-hybridized carbons (Fsp3) is 0.588. The van der Waals surface area contributed by atoms with Gasteiger partial charge in [0.25, 0.3) is 0 Å². The maximum atomic E-state index is 4.91. The number of benzene rings is 1. The molecule has 0 unspecified atom stereocenters. The van der Waals surface area contributed by atoms with Crippen LogP contribution in [0.5, 0.6) is 0 Å². The van der Waals surface area contributed by atoms with Gasteiger partial charge in [0.1, 0.15) is 0 Å². The minimum absolute atomic E-state index is 0.744. The first-order valence-corrected chi connectivity index (χ1v) is 8.08. The highest BCUT2D eigenvalue weighted by atomic mass is 15.3. The van der Waals surface area contributed by atoms with Crippen molar-refractivity contribution < 1.29 is 0 Å². The largest absolute Gasteiger partial charge is 0.308 e. The van der Waals surface area contributed by atoms with Crippen LogP contribution in [0.2, 0.25) is 0 Å². The maximum Gasteiger partial charge on any atom is 0.0841 e. The summed E-state index contributed by atoms with van der Waals surface area (Å²) in [5.74, 6) is 0.836. The lowest BCUT2D eigenvalue weighted by Gasteiger charge is -2.09. The lowest BCUT2D eigenvalue weighted by atomic mass is 10.1. The van der Waals surface area contributed by atoms with Crippen LogP contribution in [-0.2, 0) is 13.1 Å². The predicted molar refractivity (Wildman–Crippen MR) is 81.6 cm³/mol. The van der Waals surface area contributed by atoms with E-state index in [1.807, 2.05) is 0 Å². The van der Waals surface area contributed by atoms with Crippen LogP contribution in [0.15, 0.2) is 24.3 Å². The van der Waals surface area contributed by atoms with E-state index in [1.54, 1.807) is 0 Å². The summed E-state index contributed by atoms with van der Waals surface area (Å²) in [6.07, 6.45) is 8.23. The van der Waals surface area contributed by atoms with Crippen molar-refractivity contribution in [3.63, 3.8) is 0 Å². The third kappa shape index (κ3) is 2.47. The van der Waals surface area contributed by atoms with Gasteiger partial charge in [-0.05, 0) is 37.7 Å². The number of hydrogen-bond donors (Lipinski definition) is 1. The van der Waals surface area contributed by atoms with E-state index >= 15 is 0 Å². The lowest BCUT2D eigenvalue weighted by Crippen LogP contribution is -2.16. The van der Waals surface area contributed by atoms with Gasteiger partial charge in [-0.1, -0.05) is 31.0 Å². The molecule has 20 heavy (non-hydrogen) atoms. The number of aromatic nitrogens is 2. The van der Waals surface area contributed by atoms with Gasteiger partial charge in [-0.2, -0.15) is 5.10 Å². The normalized spacial score (nSPS) is 20.0. The molecule has 2 saturated carbocycles. The van der Waals surface area contributed by atoms with Crippen LogP contribution in [0.25, 0.3) is 10.9 Å². The van der Waals surface area contributed by atoms with E-state index in [4.69, 9.17) is 5.10 Å². The van der Waals surface area contributed by atoms with Gasteiger partial charge in [0.05, 0.1) is 11.2 Å². The summed E-state index contributed by atoms with van der Waals surface area (Å²) >= 11 is 0. The van der Waals surface area contributed by atoms with Gasteiger partial charge in [0, 0.05) is 24.5 Å². The Kier molecular flexibility index (Phi) is 3.23. The third-order valence-corrected chi connectivity index (χ3v) is 4.78. The van der Waals surface area contributed by atoms with Gasteiger partial charge >= 0.3 is 0 Å². The maximum absolute atomic E-state index is 4.91. The Morgan fingerprint density at radius 1 is 1.10 bits per heavy atom. The quantitative estimate of drug-likeness (QED) is 0.900. The first kappa shape index (κ1) is 12.4. The van der Waals surface area contributed by atoms with E-state index in [0.717, 1.165) is 25.0 Å². The van der Waals surface area contributed by atoms with Crippen molar-refractivity contribution in [2.24, 2.45) is 5.92 Å². The van der Waals surface area contributed by atoms with E-state index < -0.39 is 0 Å². The molecule has 1 N–H and O–H groups in total. The van der Waals surface area contributed by atoms with Crippen molar-refractivity contribution in [1.82, 2.24) is 15.1 Å². The van der Waals surface area contributed by atoms with Crippen molar-refractivity contribution in [3.8, 4) is 0 Å². The number of rotatable bonds is 5. The first-order valence-electron chi connectivity index (χ1n) is 8.08. The summed E-state index contributed by atoms with van der Waals surface area (Å²) in [6, 6.07) is 9.45. The van der Waals surface area contributed by atoms with Crippen molar-refractivity contribution >= 4 is 10.9 Å². The molecule has 2 aromatic rings. The molecule has 106 valence electrons. The molecule has 3 nitrogen and oxygen atoms in total.